The van der Waals surface area contributed by atoms with E-state index in [1.54, 1.807) is 32.0 Å². The quantitative estimate of drug-likeness (QED) is 0.600. The second-order valence-electron chi connectivity index (χ2n) is 7.51. The summed E-state index contributed by atoms with van der Waals surface area (Å²) >= 11 is 0. The van der Waals surface area contributed by atoms with Crippen molar-refractivity contribution in [1.82, 2.24) is 0 Å². The highest BCUT2D eigenvalue weighted by Gasteiger charge is 2.43. The smallest absolute Gasteiger partial charge is 0.375 e. The maximum Gasteiger partial charge on any atom is 0.375 e. The van der Waals surface area contributed by atoms with Gasteiger partial charge in [0.25, 0.3) is 0 Å². The zero-order chi connectivity index (χ0) is 20.8. The molecule has 3 aromatic rings. The molecule has 0 N–H and O–H groups in total. The van der Waals surface area contributed by atoms with Gasteiger partial charge in [-0.1, -0.05) is 42.5 Å². The molecule has 0 amide bonds. The number of rotatable bonds is 4. The van der Waals surface area contributed by atoms with Crippen molar-refractivity contribution in [2.75, 3.05) is 6.26 Å². The van der Waals surface area contributed by atoms with Crippen LogP contribution in [-0.2, 0) is 19.4 Å². The van der Waals surface area contributed by atoms with E-state index in [2.05, 4.69) is 0 Å². The van der Waals surface area contributed by atoms with E-state index in [1.165, 1.54) is 12.1 Å². The molecule has 0 saturated carbocycles. The summed E-state index contributed by atoms with van der Waals surface area (Å²) < 4.78 is 35.0. The van der Waals surface area contributed by atoms with Crippen LogP contribution in [0.1, 0.15) is 19.4 Å². The van der Waals surface area contributed by atoms with Crippen LogP contribution in [0.25, 0.3) is 16.3 Å². The summed E-state index contributed by atoms with van der Waals surface area (Å²) in [5, 5.41) is 2.06. The van der Waals surface area contributed by atoms with Crippen LogP contribution in [0.2, 0.25) is 0 Å². The highest BCUT2D eigenvalue weighted by molar-refractivity contribution is 7.90. The van der Waals surface area contributed by atoms with Crippen molar-refractivity contribution >= 4 is 32.2 Å². The summed E-state index contributed by atoms with van der Waals surface area (Å²) in [6.07, 6.45) is 1.15. The minimum absolute atomic E-state index is 0.109. The van der Waals surface area contributed by atoms with Gasteiger partial charge in [0.15, 0.2) is 9.84 Å². The van der Waals surface area contributed by atoms with E-state index in [0.717, 1.165) is 17.0 Å². The first-order valence-electron chi connectivity index (χ1n) is 9.10. The molecule has 0 spiro atoms. The second kappa shape index (κ2) is 6.74. The molecule has 3 aromatic carbocycles. The third-order valence-corrected chi connectivity index (χ3v) is 6.00. The van der Waals surface area contributed by atoms with E-state index in [-0.39, 0.29) is 10.7 Å². The Balaban J connectivity index is 1.79. The van der Waals surface area contributed by atoms with Gasteiger partial charge in [0.2, 0.25) is 5.76 Å². The molecule has 1 aliphatic rings. The van der Waals surface area contributed by atoms with Gasteiger partial charge < -0.3 is 9.47 Å². The Morgan fingerprint density at radius 2 is 1.55 bits per heavy atom. The molecular formula is C23H20O5S. The number of carbonyl (C=O) groups is 1. The number of hydrogen-bond donors (Lipinski definition) is 0. The Morgan fingerprint density at radius 1 is 0.897 bits per heavy atom. The number of benzene rings is 3. The van der Waals surface area contributed by atoms with Crippen LogP contribution in [0.4, 0.5) is 0 Å². The average molecular weight is 408 g/mol. The lowest BCUT2D eigenvalue weighted by Gasteiger charge is -2.21. The molecule has 6 heteroatoms. The normalized spacial score (nSPS) is 16.2. The highest BCUT2D eigenvalue weighted by Crippen LogP contribution is 2.40. The first-order valence-corrected chi connectivity index (χ1v) is 11.0. The Morgan fingerprint density at radius 3 is 2.21 bits per heavy atom. The summed E-state index contributed by atoms with van der Waals surface area (Å²) in [7, 11) is -3.31. The molecule has 0 aliphatic carbocycles. The Hall–Kier alpha value is -3.12. The lowest BCUT2D eigenvalue weighted by molar-refractivity contribution is -0.145. The molecule has 5 nitrogen and oxygen atoms in total. The van der Waals surface area contributed by atoms with Crippen LogP contribution >= 0.6 is 0 Å². The molecule has 1 heterocycles. The molecule has 0 radical (unpaired) electrons. The van der Waals surface area contributed by atoms with Gasteiger partial charge in [0, 0.05) is 6.26 Å². The topological polar surface area (TPSA) is 69.7 Å². The molecule has 0 aromatic heterocycles. The fraction of sp³-hybridized carbons (Fsp3) is 0.174. The van der Waals surface area contributed by atoms with Crippen molar-refractivity contribution in [2.45, 2.75) is 24.3 Å². The van der Waals surface area contributed by atoms with Crippen molar-refractivity contribution in [3.05, 3.63) is 78.1 Å². The zero-order valence-corrected chi connectivity index (χ0v) is 17.1. The van der Waals surface area contributed by atoms with Gasteiger partial charge in [0.05, 0.1) is 10.5 Å². The van der Waals surface area contributed by atoms with Crippen molar-refractivity contribution in [2.24, 2.45) is 0 Å². The number of hydrogen-bond acceptors (Lipinski definition) is 5. The Kier molecular flexibility index (Phi) is 4.46. The molecule has 29 heavy (non-hydrogen) atoms. The monoisotopic (exact) mass is 408 g/mol. The minimum atomic E-state index is -3.31. The standard InChI is InChI=1S/C23H20O5S/c1-23(2)20(16-9-12-19(13-10-16)29(3,25)26)21(22(24)28-23)27-18-11-8-15-6-4-5-7-17(15)14-18/h4-14H,1-3H3. The maximum absolute atomic E-state index is 12.6. The zero-order valence-electron chi connectivity index (χ0n) is 16.3. The van der Waals surface area contributed by atoms with Gasteiger partial charge >= 0.3 is 5.97 Å². The van der Waals surface area contributed by atoms with E-state index < -0.39 is 21.4 Å². The lowest BCUT2D eigenvalue weighted by atomic mass is 9.92. The van der Waals surface area contributed by atoms with Crippen LogP contribution in [0.5, 0.6) is 5.75 Å². The Labute approximate surface area is 169 Å². The SMILES string of the molecule is CC1(C)OC(=O)C(Oc2ccc3ccccc3c2)=C1c1ccc(S(C)(=O)=O)cc1. The predicted molar refractivity (Wildman–Crippen MR) is 111 cm³/mol. The number of ether oxygens (including phenoxy) is 2. The fourth-order valence-electron chi connectivity index (χ4n) is 3.49. The van der Waals surface area contributed by atoms with Crippen LogP contribution in [0, 0.1) is 0 Å². The average Bonchev–Trinajstić information content (AvgIpc) is 2.89. The first-order chi connectivity index (χ1) is 13.6. The van der Waals surface area contributed by atoms with Crippen molar-refractivity contribution in [1.29, 1.82) is 0 Å². The van der Waals surface area contributed by atoms with Crippen LogP contribution in [0.3, 0.4) is 0 Å². The minimum Gasteiger partial charge on any atom is -0.449 e. The van der Waals surface area contributed by atoms with Crippen LogP contribution < -0.4 is 4.74 Å². The van der Waals surface area contributed by atoms with Gasteiger partial charge in [0.1, 0.15) is 11.4 Å². The molecule has 0 atom stereocenters. The summed E-state index contributed by atoms with van der Waals surface area (Å²) in [6, 6.07) is 19.8. The third kappa shape index (κ3) is 3.63. The number of esters is 1. The molecule has 0 fully saturated rings. The highest BCUT2D eigenvalue weighted by atomic mass is 32.2. The van der Waals surface area contributed by atoms with Crippen molar-refractivity contribution in [3.8, 4) is 5.75 Å². The summed E-state index contributed by atoms with van der Waals surface area (Å²) in [4.78, 5) is 12.8. The van der Waals surface area contributed by atoms with Crippen molar-refractivity contribution < 1.29 is 22.7 Å². The fourth-order valence-corrected chi connectivity index (χ4v) is 4.12. The summed E-state index contributed by atoms with van der Waals surface area (Å²) in [5.41, 5.74) is 0.343. The van der Waals surface area contributed by atoms with Crippen LogP contribution in [-0.4, -0.2) is 26.2 Å². The van der Waals surface area contributed by atoms with Gasteiger partial charge in [-0.05, 0) is 54.4 Å². The van der Waals surface area contributed by atoms with Gasteiger partial charge in [-0.15, -0.1) is 0 Å². The second-order valence-corrected chi connectivity index (χ2v) is 9.53. The molecule has 0 saturated heterocycles. The predicted octanol–water partition coefficient (Wildman–Crippen LogP) is 4.37. The van der Waals surface area contributed by atoms with Crippen LogP contribution in [0.15, 0.2) is 77.4 Å². The Bertz CT molecular complexity index is 1250. The van der Waals surface area contributed by atoms with Crippen molar-refractivity contribution in [3.63, 3.8) is 0 Å². The summed E-state index contributed by atoms with van der Waals surface area (Å²) in [6.45, 7) is 3.56. The number of sulfone groups is 1. The largest absolute Gasteiger partial charge is 0.449 e. The van der Waals surface area contributed by atoms with Gasteiger partial charge in [-0.2, -0.15) is 0 Å². The number of cyclic esters (lactones) is 1. The lowest BCUT2D eigenvalue weighted by Crippen LogP contribution is -2.22. The molecule has 4 rings (SSSR count). The molecular weight excluding hydrogens is 388 g/mol. The van der Waals surface area contributed by atoms with E-state index >= 15 is 0 Å². The molecule has 0 bridgehead atoms. The van der Waals surface area contributed by atoms with Gasteiger partial charge in [-0.25, -0.2) is 13.2 Å². The van der Waals surface area contributed by atoms with E-state index in [0.29, 0.717) is 16.9 Å². The third-order valence-electron chi connectivity index (χ3n) is 4.87. The summed E-state index contributed by atoms with van der Waals surface area (Å²) in [5.74, 6) is 0.0846. The van der Waals surface area contributed by atoms with Gasteiger partial charge in [-0.3, -0.25) is 0 Å². The van der Waals surface area contributed by atoms with E-state index in [1.807, 2.05) is 36.4 Å². The maximum atomic E-state index is 12.6. The molecule has 0 unspecified atom stereocenters. The van der Waals surface area contributed by atoms with E-state index in [4.69, 9.17) is 9.47 Å². The number of fused-ring (bicyclic) bond motifs is 1. The van der Waals surface area contributed by atoms with E-state index in [9.17, 15) is 13.2 Å². The molecule has 148 valence electrons. The number of carbonyl (C=O) groups excluding carboxylic acids is 1. The first kappa shape index (κ1) is 19.2. The molecule has 1 aliphatic heterocycles.